The van der Waals surface area contributed by atoms with Crippen molar-refractivity contribution in [1.82, 2.24) is 4.90 Å². The molecule has 0 spiro atoms. The molecule has 3 nitrogen and oxygen atoms in total. The molecule has 2 atom stereocenters. The molecule has 1 saturated carbocycles. The first-order valence-corrected chi connectivity index (χ1v) is 8.77. The number of hydrogen-bond acceptors (Lipinski definition) is 3. The van der Waals surface area contributed by atoms with Gasteiger partial charge in [-0.15, -0.1) is 0 Å². The van der Waals surface area contributed by atoms with Gasteiger partial charge in [0, 0.05) is 18.2 Å². The minimum Gasteiger partial charge on any atom is -0.490 e. The molecule has 1 aliphatic heterocycles. The summed E-state index contributed by atoms with van der Waals surface area (Å²) in [7, 11) is 2.22. The highest BCUT2D eigenvalue weighted by Gasteiger charge is 2.33. The molecule has 0 aromatic heterocycles. The number of benzene rings is 1. The Labute approximate surface area is 134 Å². The van der Waals surface area contributed by atoms with E-state index in [1.807, 2.05) is 0 Å². The fourth-order valence-electron chi connectivity index (χ4n) is 4.04. The zero-order valence-electron chi connectivity index (χ0n) is 14.3. The molecular weight excluding hydrogens is 272 g/mol. The van der Waals surface area contributed by atoms with E-state index in [1.165, 1.54) is 42.4 Å². The van der Waals surface area contributed by atoms with Crippen LogP contribution in [0, 0.1) is 19.8 Å². The molecular formula is C19H30N2O. The Hall–Kier alpha value is -1.06. The van der Waals surface area contributed by atoms with Crippen LogP contribution in [0.2, 0.25) is 0 Å². The van der Waals surface area contributed by atoms with Gasteiger partial charge in [-0.3, -0.25) is 4.90 Å². The van der Waals surface area contributed by atoms with Gasteiger partial charge in [-0.1, -0.05) is 12.1 Å². The van der Waals surface area contributed by atoms with Gasteiger partial charge in [0.1, 0.15) is 5.75 Å². The summed E-state index contributed by atoms with van der Waals surface area (Å²) in [5, 5.41) is 0. The van der Waals surface area contributed by atoms with Crippen LogP contribution in [0.4, 0.5) is 0 Å². The molecule has 2 unspecified atom stereocenters. The fourth-order valence-corrected chi connectivity index (χ4v) is 4.04. The molecule has 1 aromatic rings. The van der Waals surface area contributed by atoms with E-state index in [9.17, 15) is 0 Å². The monoisotopic (exact) mass is 302 g/mol. The van der Waals surface area contributed by atoms with Crippen LogP contribution < -0.4 is 10.5 Å². The summed E-state index contributed by atoms with van der Waals surface area (Å²) in [4.78, 5) is 2.45. The molecule has 2 aliphatic rings. The summed E-state index contributed by atoms with van der Waals surface area (Å²) >= 11 is 0. The van der Waals surface area contributed by atoms with Crippen LogP contribution in [-0.2, 0) is 0 Å². The smallest absolute Gasteiger partial charge is 0.127 e. The van der Waals surface area contributed by atoms with Crippen LogP contribution in [0.15, 0.2) is 12.1 Å². The van der Waals surface area contributed by atoms with E-state index >= 15 is 0 Å². The van der Waals surface area contributed by atoms with Gasteiger partial charge in [0.15, 0.2) is 0 Å². The Kier molecular flexibility index (Phi) is 4.74. The largest absolute Gasteiger partial charge is 0.490 e. The van der Waals surface area contributed by atoms with E-state index in [0.29, 0.717) is 18.1 Å². The van der Waals surface area contributed by atoms with Gasteiger partial charge in [0.25, 0.3) is 0 Å². The van der Waals surface area contributed by atoms with E-state index < -0.39 is 0 Å². The summed E-state index contributed by atoms with van der Waals surface area (Å²) < 4.78 is 6.49. The Bertz CT molecular complexity index is 522. The molecule has 122 valence electrons. The second-order valence-electron chi connectivity index (χ2n) is 7.24. The van der Waals surface area contributed by atoms with E-state index in [4.69, 9.17) is 10.5 Å². The fraction of sp³-hybridized carbons (Fsp3) is 0.684. The molecule has 22 heavy (non-hydrogen) atoms. The molecule has 1 heterocycles. The standard InChI is InChI=1S/C19H30N2O/c1-13-8-9-17(18-10-15(11-20)12-21(18)3)19(14(13)2)22-16-6-4-5-7-16/h8-9,15-16,18H,4-7,10-12,20H2,1-3H3. The van der Waals surface area contributed by atoms with Crippen molar-refractivity contribution in [3.63, 3.8) is 0 Å². The van der Waals surface area contributed by atoms with Crippen LogP contribution >= 0.6 is 0 Å². The van der Waals surface area contributed by atoms with Gasteiger partial charge in [-0.2, -0.15) is 0 Å². The predicted octanol–water partition coefficient (Wildman–Crippen LogP) is 3.58. The van der Waals surface area contributed by atoms with E-state index in [0.717, 1.165) is 25.3 Å². The average molecular weight is 302 g/mol. The second-order valence-corrected chi connectivity index (χ2v) is 7.24. The van der Waals surface area contributed by atoms with Gasteiger partial charge in [-0.05, 0) is 76.6 Å². The van der Waals surface area contributed by atoms with Crippen LogP contribution in [0.1, 0.15) is 54.8 Å². The lowest BCUT2D eigenvalue weighted by Crippen LogP contribution is -2.22. The first-order valence-electron chi connectivity index (χ1n) is 8.77. The lowest BCUT2D eigenvalue weighted by Gasteiger charge is -2.26. The maximum atomic E-state index is 6.49. The Balaban J connectivity index is 1.91. The van der Waals surface area contributed by atoms with Crippen molar-refractivity contribution in [1.29, 1.82) is 0 Å². The zero-order valence-corrected chi connectivity index (χ0v) is 14.3. The van der Waals surface area contributed by atoms with Crippen molar-refractivity contribution < 1.29 is 4.74 Å². The maximum absolute atomic E-state index is 6.49. The van der Waals surface area contributed by atoms with Crippen LogP contribution in [0.3, 0.4) is 0 Å². The quantitative estimate of drug-likeness (QED) is 0.924. The molecule has 1 saturated heterocycles. The maximum Gasteiger partial charge on any atom is 0.127 e. The highest BCUT2D eigenvalue weighted by atomic mass is 16.5. The van der Waals surface area contributed by atoms with Gasteiger partial charge in [-0.25, -0.2) is 0 Å². The second kappa shape index (κ2) is 6.59. The summed E-state index contributed by atoms with van der Waals surface area (Å²) in [6, 6.07) is 4.98. The SMILES string of the molecule is Cc1ccc(C2CC(CN)CN2C)c(OC2CCCC2)c1C. The molecule has 3 heteroatoms. The Morgan fingerprint density at radius 3 is 2.59 bits per heavy atom. The number of nitrogens with zero attached hydrogens (tertiary/aromatic N) is 1. The van der Waals surface area contributed by atoms with Crippen molar-refractivity contribution in [2.24, 2.45) is 11.7 Å². The van der Waals surface area contributed by atoms with Crippen LogP contribution in [0.25, 0.3) is 0 Å². The van der Waals surface area contributed by atoms with E-state index in [2.05, 4.69) is 37.9 Å². The predicted molar refractivity (Wildman–Crippen MR) is 91.3 cm³/mol. The Morgan fingerprint density at radius 2 is 1.95 bits per heavy atom. The molecule has 0 amide bonds. The van der Waals surface area contributed by atoms with Crippen molar-refractivity contribution in [3.8, 4) is 5.75 Å². The number of hydrogen-bond donors (Lipinski definition) is 1. The summed E-state index contributed by atoms with van der Waals surface area (Å²) in [5.74, 6) is 1.76. The Morgan fingerprint density at radius 1 is 1.23 bits per heavy atom. The van der Waals surface area contributed by atoms with Crippen molar-refractivity contribution >= 4 is 0 Å². The number of nitrogens with two attached hydrogens (primary N) is 1. The van der Waals surface area contributed by atoms with Gasteiger partial charge >= 0.3 is 0 Å². The third-order valence-corrected chi connectivity index (χ3v) is 5.62. The van der Waals surface area contributed by atoms with Crippen LogP contribution in [0.5, 0.6) is 5.75 Å². The number of ether oxygens (including phenoxy) is 1. The van der Waals surface area contributed by atoms with Gasteiger partial charge < -0.3 is 10.5 Å². The highest BCUT2D eigenvalue weighted by Crippen LogP contribution is 2.41. The molecule has 1 aromatic carbocycles. The molecule has 2 N–H and O–H groups in total. The topological polar surface area (TPSA) is 38.5 Å². The highest BCUT2D eigenvalue weighted by molar-refractivity contribution is 5.47. The minimum atomic E-state index is 0.413. The number of rotatable bonds is 4. The first-order chi connectivity index (χ1) is 10.6. The third-order valence-electron chi connectivity index (χ3n) is 5.62. The van der Waals surface area contributed by atoms with Crippen LogP contribution in [-0.4, -0.2) is 31.1 Å². The van der Waals surface area contributed by atoms with E-state index in [-0.39, 0.29) is 0 Å². The van der Waals surface area contributed by atoms with Crippen molar-refractivity contribution in [3.05, 3.63) is 28.8 Å². The summed E-state index contributed by atoms with van der Waals surface area (Å²) in [5.41, 5.74) is 9.91. The summed E-state index contributed by atoms with van der Waals surface area (Å²) in [6.45, 7) is 6.27. The molecule has 2 fully saturated rings. The number of aryl methyl sites for hydroxylation is 1. The lowest BCUT2D eigenvalue weighted by molar-refractivity contribution is 0.200. The van der Waals surface area contributed by atoms with Crippen molar-refractivity contribution in [2.75, 3.05) is 20.1 Å². The molecule has 1 aliphatic carbocycles. The normalized spacial score (nSPS) is 26.7. The molecule has 0 radical (unpaired) electrons. The minimum absolute atomic E-state index is 0.413. The molecule has 3 rings (SSSR count). The summed E-state index contributed by atoms with van der Waals surface area (Å²) in [6.07, 6.45) is 6.59. The number of likely N-dealkylation sites (tertiary alicyclic amines) is 1. The van der Waals surface area contributed by atoms with Gasteiger partial charge in [0.2, 0.25) is 0 Å². The zero-order chi connectivity index (χ0) is 15.7. The van der Waals surface area contributed by atoms with Crippen molar-refractivity contribution in [2.45, 2.75) is 58.1 Å². The third kappa shape index (κ3) is 3.02. The molecule has 0 bridgehead atoms. The first kappa shape index (κ1) is 15.8. The van der Waals surface area contributed by atoms with Gasteiger partial charge in [0.05, 0.1) is 6.10 Å². The lowest BCUT2D eigenvalue weighted by atomic mass is 9.95. The average Bonchev–Trinajstić information content (AvgIpc) is 3.14. The van der Waals surface area contributed by atoms with E-state index in [1.54, 1.807) is 0 Å².